The summed E-state index contributed by atoms with van der Waals surface area (Å²) < 4.78 is 28.7. The Morgan fingerprint density at radius 1 is 0.652 bits per heavy atom. The van der Waals surface area contributed by atoms with Crippen LogP contribution in [0.4, 0.5) is 8.78 Å². The minimum atomic E-state index is -0.797. The first-order valence-electron chi connectivity index (χ1n) is 8.39. The van der Waals surface area contributed by atoms with Crippen molar-refractivity contribution in [1.82, 2.24) is 0 Å². The van der Waals surface area contributed by atoms with Gasteiger partial charge in [0.15, 0.2) is 11.7 Å². The molecular formula is C21H24F2. The summed E-state index contributed by atoms with van der Waals surface area (Å²) in [6, 6.07) is 14.1. The minimum Gasteiger partial charge on any atom is -0.203 e. The third kappa shape index (κ3) is 4.75. The van der Waals surface area contributed by atoms with Crippen molar-refractivity contribution in [3.63, 3.8) is 0 Å². The van der Waals surface area contributed by atoms with Crippen LogP contribution in [-0.2, 0) is 12.8 Å². The molecule has 0 nitrogen and oxygen atoms in total. The summed E-state index contributed by atoms with van der Waals surface area (Å²) in [6.07, 6.45) is 5.20. The zero-order valence-corrected chi connectivity index (χ0v) is 13.9. The molecule has 0 aliphatic carbocycles. The van der Waals surface area contributed by atoms with E-state index < -0.39 is 11.7 Å². The minimum absolute atomic E-state index is 0.289. The second-order valence-electron chi connectivity index (χ2n) is 5.88. The van der Waals surface area contributed by atoms with E-state index in [1.807, 2.05) is 24.3 Å². The lowest BCUT2D eigenvalue weighted by molar-refractivity contribution is 0.700. The summed E-state index contributed by atoms with van der Waals surface area (Å²) in [7, 11) is 0. The van der Waals surface area contributed by atoms with Crippen molar-refractivity contribution in [2.24, 2.45) is 0 Å². The number of unbranched alkanes of at least 4 members (excludes halogenated alkanes) is 1. The Labute approximate surface area is 137 Å². The van der Waals surface area contributed by atoms with E-state index in [2.05, 4.69) is 13.8 Å². The second kappa shape index (κ2) is 8.61. The van der Waals surface area contributed by atoms with E-state index >= 15 is 0 Å². The van der Waals surface area contributed by atoms with Crippen LogP contribution in [0.25, 0.3) is 11.7 Å². The van der Waals surface area contributed by atoms with E-state index in [0.29, 0.717) is 5.56 Å². The highest BCUT2D eigenvalue weighted by Gasteiger charge is 2.11. The largest absolute Gasteiger partial charge is 0.203 e. The van der Waals surface area contributed by atoms with Crippen molar-refractivity contribution in [2.75, 3.05) is 0 Å². The van der Waals surface area contributed by atoms with Gasteiger partial charge in [0.1, 0.15) is 0 Å². The second-order valence-corrected chi connectivity index (χ2v) is 5.88. The number of hydrogen-bond acceptors (Lipinski definition) is 0. The molecule has 0 bridgehead atoms. The van der Waals surface area contributed by atoms with Crippen LogP contribution in [0.1, 0.15) is 55.4 Å². The smallest absolute Gasteiger partial charge is 0.166 e. The van der Waals surface area contributed by atoms with Crippen LogP contribution in [0.5, 0.6) is 0 Å². The first-order valence-corrected chi connectivity index (χ1v) is 8.39. The third-order valence-corrected chi connectivity index (χ3v) is 3.97. The van der Waals surface area contributed by atoms with Crippen LogP contribution in [0.2, 0.25) is 0 Å². The Morgan fingerprint density at radius 2 is 1.09 bits per heavy atom. The summed E-state index contributed by atoms with van der Waals surface area (Å²) in [5, 5.41) is 0. The quantitative estimate of drug-likeness (QED) is 0.496. The molecule has 23 heavy (non-hydrogen) atoms. The molecule has 122 valence electrons. The Balaban J connectivity index is 2.18. The van der Waals surface area contributed by atoms with E-state index in [-0.39, 0.29) is 5.56 Å². The molecule has 0 radical (unpaired) electrons. The number of hydrogen-bond donors (Lipinski definition) is 0. The van der Waals surface area contributed by atoms with Crippen molar-refractivity contribution in [1.29, 1.82) is 0 Å². The van der Waals surface area contributed by atoms with Crippen molar-refractivity contribution < 1.29 is 8.78 Å². The number of benzene rings is 2. The highest BCUT2D eigenvalue weighted by atomic mass is 19.2. The predicted molar refractivity (Wildman–Crippen MR) is 94.5 cm³/mol. The highest BCUT2D eigenvalue weighted by Crippen LogP contribution is 2.29. The SMILES string of the molecule is CCCCc1ccc(/C(F)=C(\F)c2ccc(CCC)cc2)cc1. The molecule has 0 spiro atoms. The number of aryl methyl sites for hydroxylation is 2. The summed E-state index contributed by atoms with van der Waals surface area (Å²) in [5.74, 6) is -1.59. The van der Waals surface area contributed by atoms with Crippen molar-refractivity contribution >= 4 is 11.7 Å². The molecule has 2 aromatic carbocycles. The molecule has 0 unspecified atom stereocenters. The molecular weight excluding hydrogens is 290 g/mol. The van der Waals surface area contributed by atoms with Gasteiger partial charge < -0.3 is 0 Å². The van der Waals surface area contributed by atoms with E-state index in [1.54, 1.807) is 24.3 Å². The van der Waals surface area contributed by atoms with Crippen LogP contribution in [0.15, 0.2) is 48.5 Å². The molecule has 2 rings (SSSR count). The number of rotatable bonds is 7. The molecule has 0 N–H and O–H groups in total. The molecule has 0 atom stereocenters. The van der Waals surface area contributed by atoms with Gasteiger partial charge in [0.2, 0.25) is 0 Å². The molecule has 0 heterocycles. The molecule has 2 heteroatoms. The maximum absolute atomic E-state index is 14.4. The Morgan fingerprint density at radius 3 is 1.48 bits per heavy atom. The zero-order valence-electron chi connectivity index (χ0n) is 13.9. The normalized spacial score (nSPS) is 12.2. The molecule has 0 aliphatic heterocycles. The Hall–Kier alpha value is -1.96. The van der Waals surface area contributed by atoms with Gasteiger partial charge >= 0.3 is 0 Å². The highest BCUT2D eigenvalue weighted by molar-refractivity contribution is 5.83. The summed E-state index contributed by atoms with van der Waals surface area (Å²) >= 11 is 0. The fraction of sp³-hybridized carbons (Fsp3) is 0.333. The first-order chi connectivity index (χ1) is 11.2. The molecule has 0 aromatic heterocycles. The van der Waals surface area contributed by atoms with Crippen LogP contribution < -0.4 is 0 Å². The van der Waals surface area contributed by atoms with Gasteiger partial charge in [-0.3, -0.25) is 0 Å². The van der Waals surface area contributed by atoms with Gasteiger partial charge in [-0.15, -0.1) is 0 Å². The monoisotopic (exact) mass is 314 g/mol. The van der Waals surface area contributed by atoms with Crippen molar-refractivity contribution in [3.05, 3.63) is 70.8 Å². The van der Waals surface area contributed by atoms with Crippen LogP contribution in [0.3, 0.4) is 0 Å². The van der Waals surface area contributed by atoms with Crippen LogP contribution in [0, 0.1) is 0 Å². The van der Waals surface area contributed by atoms with E-state index in [0.717, 1.165) is 43.2 Å². The lowest BCUT2D eigenvalue weighted by Gasteiger charge is -2.05. The van der Waals surface area contributed by atoms with Gasteiger partial charge in [0, 0.05) is 11.1 Å². The molecule has 2 aromatic rings. The molecule has 0 amide bonds. The van der Waals surface area contributed by atoms with Gasteiger partial charge in [-0.05, 0) is 30.4 Å². The van der Waals surface area contributed by atoms with Crippen molar-refractivity contribution in [2.45, 2.75) is 46.0 Å². The van der Waals surface area contributed by atoms with Gasteiger partial charge in [-0.1, -0.05) is 75.2 Å². The maximum atomic E-state index is 14.4. The zero-order chi connectivity index (χ0) is 16.7. The first kappa shape index (κ1) is 17.4. The van der Waals surface area contributed by atoms with Gasteiger partial charge in [-0.25, -0.2) is 8.78 Å². The van der Waals surface area contributed by atoms with Gasteiger partial charge in [0.25, 0.3) is 0 Å². The predicted octanol–water partition coefficient (Wildman–Crippen LogP) is 6.75. The summed E-state index contributed by atoms with van der Waals surface area (Å²) in [5.41, 5.74) is 2.88. The van der Waals surface area contributed by atoms with E-state index in [1.165, 1.54) is 0 Å². The maximum Gasteiger partial charge on any atom is 0.166 e. The fourth-order valence-electron chi connectivity index (χ4n) is 2.56. The lowest BCUT2D eigenvalue weighted by atomic mass is 10.0. The van der Waals surface area contributed by atoms with Crippen LogP contribution in [-0.4, -0.2) is 0 Å². The lowest BCUT2D eigenvalue weighted by Crippen LogP contribution is -1.89. The Bertz CT molecular complexity index is 637. The van der Waals surface area contributed by atoms with E-state index in [4.69, 9.17) is 0 Å². The average molecular weight is 314 g/mol. The summed E-state index contributed by atoms with van der Waals surface area (Å²) in [4.78, 5) is 0. The molecule has 0 saturated carbocycles. The number of halogens is 2. The third-order valence-electron chi connectivity index (χ3n) is 3.97. The molecule has 0 fully saturated rings. The Kier molecular flexibility index (Phi) is 6.52. The van der Waals surface area contributed by atoms with Crippen LogP contribution >= 0.6 is 0 Å². The van der Waals surface area contributed by atoms with E-state index in [9.17, 15) is 8.78 Å². The van der Waals surface area contributed by atoms with Gasteiger partial charge in [-0.2, -0.15) is 0 Å². The standard InChI is InChI=1S/C21H24F2/c1-3-5-7-17-10-14-19(15-11-17)21(23)20(22)18-12-8-16(6-4-2)9-13-18/h8-15H,3-7H2,1-2H3/b21-20+. The topological polar surface area (TPSA) is 0 Å². The van der Waals surface area contributed by atoms with Gasteiger partial charge in [0.05, 0.1) is 0 Å². The average Bonchev–Trinajstić information content (AvgIpc) is 2.60. The molecule has 0 aliphatic rings. The van der Waals surface area contributed by atoms with Crippen molar-refractivity contribution in [3.8, 4) is 0 Å². The molecule has 0 saturated heterocycles. The summed E-state index contributed by atoms with van der Waals surface area (Å²) in [6.45, 7) is 4.23. The fourth-order valence-corrected chi connectivity index (χ4v) is 2.56.